The molecule has 118 valence electrons. The number of halogens is 3. The number of aromatic amines is 1. The number of sulfone groups is 1. The second-order valence-electron chi connectivity index (χ2n) is 4.63. The molecule has 0 aliphatic heterocycles. The Balaban J connectivity index is 2.28. The van der Waals surface area contributed by atoms with Crippen molar-refractivity contribution in [3.8, 4) is 0 Å². The maximum atomic E-state index is 12.7. The fraction of sp³-hybridized carbons (Fsp3) is 0.250. The van der Waals surface area contributed by atoms with Crippen LogP contribution in [0.3, 0.4) is 0 Å². The van der Waals surface area contributed by atoms with E-state index in [0.717, 1.165) is 17.1 Å². The van der Waals surface area contributed by atoms with Gasteiger partial charge < -0.3 is 0 Å². The van der Waals surface area contributed by atoms with Crippen molar-refractivity contribution in [2.24, 2.45) is 5.18 Å². The molecule has 1 aromatic heterocycles. The molecule has 0 bridgehead atoms. The van der Waals surface area contributed by atoms with Crippen LogP contribution in [0.25, 0.3) is 0 Å². The minimum Gasteiger partial charge on any atom is -0.224 e. The minimum atomic E-state index is -4.71. The number of alkyl halides is 3. The number of hydrogen-bond donors (Lipinski definition) is 1. The van der Waals surface area contributed by atoms with E-state index in [4.69, 9.17) is 0 Å². The molecule has 1 N–H and O–H groups in total. The molecule has 0 aliphatic carbocycles. The van der Waals surface area contributed by atoms with E-state index in [9.17, 15) is 26.5 Å². The highest BCUT2D eigenvalue weighted by atomic mass is 32.2. The normalized spacial score (nSPS) is 12.4. The number of nitroso groups, excluding NO2 is 1. The number of benzene rings is 1. The molecule has 0 amide bonds. The molecule has 0 unspecified atom stereocenters. The molecule has 10 heteroatoms. The lowest BCUT2D eigenvalue weighted by Crippen LogP contribution is -2.36. The third-order valence-electron chi connectivity index (χ3n) is 2.88. The third kappa shape index (κ3) is 3.50. The quantitative estimate of drug-likeness (QED) is 0.687. The van der Waals surface area contributed by atoms with E-state index >= 15 is 0 Å². The van der Waals surface area contributed by atoms with Crippen LogP contribution in [0.2, 0.25) is 0 Å². The number of hydrogen-bond acceptors (Lipinski definition) is 4. The highest BCUT2D eigenvalue weighted by Gasteiger charge is 2.40. The van der Waals surface area contributed by atoms with Gasteiger partial charge in [-0.3, -0.25) is 0 Å². The van der Waals surface area contributed by atoms with Gasteiger partial charge in [0.1, 0.15) is 0 Å². The molecule has 0 radical (unpaired) electrons. The van der Waals surface area contributed by atoms with Crippen LogP contribution in [0.1, 0.15) is 11.3 Å². The summed E-state index contributed by atoms with van der Waals surface area (Å²) in [7, 11) is -3.34. The molecule has 0 aliphatic rings. The molecule has 22 heavy (non-hydrogen) atoms. The van der Waals surface area contributed by atoms with E-state index in [1.165, 1.54) is 24.3 Å². The molecular formula is C12H11F3N3O3S+. The first kappa shape index (κ1) is 16.1. The van der Waals surface area contributed by atoms with Gasteiger partial charge in [0, 0.05) is 11.8 Å². The standard InChI is InChI=1S/C12H10F3N3O3S/c1-22(20,21)9-4-2-8(3-5-9)6-18-7-10(17-19)11(16-18)12(13,14)15/h2-5,7H,6H2,1H3/p+1. The maximum absolute atomic E-state index is 12.7. The van der Waals surface area contributed by atoms with E-state index in [0.29, 0.717) is 5.56 Å². The van der Waals surface area contributed by atoms with Gasteiger partial charge >= 0.3 is 6.18 Å². The van der Waals surface area contributed by atoms with Gasteiger partial charge in [0.15, 0.2) is 16.4 Å². The third-order valence-corrected chi connectivity index (χ3v) is 4.00. The molecule has 6 nitrogen and oxygen atoms in total. The van der Waals surface area contributed by atoms with Gasteiger partial charge in [0.05, 0.1) is 4.90 Å². The summed E-state index contributed by atoms with van der Waals surface area (Å²) in [6, 6.07) is 5.67. The zero-order chi connectivity index (χ0) is 16.5. The van der Waals surface area contributed by atoms with E-state index in [2.05, 4.69) is 5.18 Å². The zero-order valence-electron chi connectivity index (χ0n) is 11.3. The van der Waals surface area contributed by atoms with Gasteiger partial charge in [-0.1, -0.05) is 12.1 Å². The van der Waals surface area contributed by atoms with Crippen molar-refractivity contribution in [2.75, 3.05) is 6.26 Å². The summed E-state index contributed by atoms with van der Waals surface area (Å²) in [5.74, 6) is 0. The topological polar surface area (TPSA) is 83.2 Å². The Morgan fingerprint density at radius 2 is 1.82 bits per heavy atom. The second-order valence-corrected chi connectivity index (χ2v) is 6.65. The van der Waals surface area contributed by atoms with Gasteiger partial charge in [-0.15, -0.1) is 9.59 Å². The summed E-state index contributed by atoms with van der Waals surface area (Å²) in [6.07, 6.45) is -2.71. The average Bonchev–Trinajstić information content (AvgIpc) is 2.81. The fourth-order valence-corrected chi connectivity index (χ4v) is 2.48. The van der Waals surface area contributed by atoms with Crippen LogP contribution in [0.4, 0.5) is 18.9 Å². The molecule has 0 fully saturated rings. The number of nitrogens with one attached hydrogen (secondary N) is 1. The Morgan fingerprint density at radius 3 is 2.23 bits per heavy atom. The maximum Gasteiger partial charge on any atom is 0.439 e. The lowest BCUT2D eigenvalue weighted by molar-refractivity contribution is -0.743. The molecule has 2 rings (SSSR count). The van der Waals surface area contributed by atoms with Crippen molar-refractivity contribution in [3.05, 3.63) is 46.6 Å². The summed E-state index contributed by atoms with van der Waals surface area (Å²) >= 11 is 0. The van der Waals surface area contributed by atoms with Gasteiger partial charge in [-0.25, -0.2) is 8.42 Å². The summed E-state index contributed by atoms with van der Waals surface area (Å²) < 4.78 is 61.7. The van der Waals surface area contributed by atoms with Gasteiger partial charge in [-0.2, -0.15) is 18.3 Å². The van der Waals surface area contributed by atoms with Crippen molar-refractivity contribution < 1.29 is 26.3 Å². The van der Waals surface area contributed by atoms with Crippen LogP contribution in [0.15, 0.2) is 40.5 Å². The summed E-state index contributed by atoms with van der Waals surface area (Å²) in [5, 5.41) is 4.39. The summed E-state index contributed by atoms with van der Waals surface area (Å²) in [4.78, 5) is 10.6. The SMILES string of the molecule is CS(=O)(=O)c1ccc(C[n+]2cc(N=O)c(C(F)(F)F)[nH]2)cc1. The zero-order valence-corrected chi connectivity index (χ0v) is 12.1. The molecule has 1 heterocycles. The number of H-pyrrole nitrogens is 1. The van der Waals surface area contributed by atoms with Crippen molar-refractivity contribution in [3.63, 3.8) is 0 Å². The highest BCUT2D eigenvalue weighted by molar-refractivity contribution is 7.90. The molecule has 0 atom stereocenters. The Labute approximate surface area is 123 Å². The average molecular weight is 334 g/mol. The van der Waals surface area contributed by atoms with Crippen molar-refractivity contribution in [1.29, 1.82) is 0 Å². The first-order valence-corrected chi connectivity index (χ1v) is 7.82. The number of nitrogens with zero attached hydrogens (tertiary/aromatic N) is 2. The van der Waals surface area contributed by atoms with Gasteiger partial charge in [0.25, 0.3) is 0 Å². The molecule has 0 saturated heterocycles. The Hall–Kier alpha value is -2.23. The van der Waals surface area contributed by atoms with E-state index in [-0.39, 0.29) is 11.4 Å². The number of aromatic nitrogens is 2. The van der Waals surface area contributed by atoms with Crippen LogP contribution in [-0.4, -0.2) is 19.8 Å². The van der Waals surface area contributed by atoms with Crippen LogP contribution in [-0.2, 0) is 22.6 Å². The molecule has 1 aromatic carbocycles. The van der Waals surface area contributed by atoms with E-state index < -0.39 is 27.4 Å². The van der Waals surface area contributed by atoms with Gasteiger partial charge in [0.2, 0.25) is 17.6 Å². The molecular weight excluding hydrogens is 323 g/mol. The fourth-order valence-electron chi connectivity index (χ4n) is 1.85. The minimum absolute atomic E-state index is 0.00262. The first-order valence-electron chi connectivity index (χ1n) is 5.93. The van der Waals surface area contributed by atoms with Crippen LogP contribution >= 0.6 is 0 Å². The molecule has 0 spiro atoms. The smallest absolute Gasteiger partial charge is 0.224 e. The monoisotopic (exact) mass is 334 g/mol. The van der Waals surface area contributed by atoms with Gasteiger partial charge in [-0.05, 0) is 17.3 Å². The van der Waals surface area contributed by atoms with Crippen molar-refractivity contribution >= 4 is 15.5 Å². The lowest BCUT2D eigenvalue weighted by Gasteiger charge is -2.01. The highest BCUT2D eigenvalue weighted by Crippen LogP contribution is 2.33. The largest absolute Gasteiger partial charge is 0.439 e. The second kappa shape index (κ2) is 5.52. The summed E-state index contributed by atoms with van der Waals surface area (Å²) in [5.41, 5.74) is -1.40. The predicted molar refractivity (Wildman–Crippen MR) is 70.1 cm³/mol. The van der Waals surface area contributed by atoms with Crippen LogP contribution < -0.4 is 4.68 Å². The van der Waals surface area contributed by atoms with Crippen LogP contribution in [0.5, 0.6) is 0 Å². The predicted octanol–water partition coefficient (Wildman–Crippen LogP) is 2.17. The lowest BCUT2D eigenvalue weighted by atomic mass is 10.2. The van der Waals surface area contributed by atoms with Crippen molar-refractivity contribution in [2.45, 2.75) is 17.6 Å². The van der Waals surface area contributed by atoms with Crippen molar-refractivity contribution in [1.82, 2.24) is 5.10 Å². The Kier molecular flexibility index (Phi) is 4.05. The molecule has 2 aromatic rings. The number of rotatable bonds is 4. The molecule has 0 saturated carbocycles. The first-order chi connectivity index (χ1) is 10.1. The van der Waals surface area contributed by atoms with Crippen LogP contribution in [0, 0.1) is 4.91 Å². The Morgan fingerprint density at radius 1 is 1.23 bits per heavy atom. The van der Waals surface area contributed by atoms with E-state index in [1.807, 2.05) is 5.10 Å². The summed E-state index contributed by atoms with van der Waals surface area (Å²) in [6.45, 7) is 0.00262. The van der Waals surface area contributed by atoms with E-state index in [1.54, 1.807) is 0 Å². The Bertz CT molecular complexity index is 795.